The lowest BCUT2D eigenvalue weighted by molar-refractivity contribution is 0.154. The first kappa shape index (κ1) is 17.1. The van der Waals surface area contributed by atoms with Gasteiger partial charge < -0.3 is 15.0 Å². The van der Waals surface area contributed by atoms with Gasteiger partial charge in [-0.1, -0.05) is 60.1 Å². The molecule has 4 rings (SSSR count). The van der Waals surface area contributed by atoms with Crippen LogP contribution in [0.15, 0.2) is 72.8 Å². The van der Waals surface area contributed by atoms with Gasteiger partial charge in [-0.2, -0.15) is 0 Å². The molecule has 0 amide bonds. The van der Waals surface area contributed by atoms with Crippen LogP contribution in [0, 0.1) is 0 Å². The Hall–Kier alpha value is -2.33. The zero-order valence-electron chi connectivity index (χ0n) is 14.4. The Morgan fingerprint density at radius 2 is 1.54 bits per heavy atom. The van der Waals surface area contributed by atoms with Gasteiger partial charge in [0.2, 0.25) is 0 Å². The summed E-state index contributed by atoms with van der Waals surface area (Å²) < 4.78 is 2.20. The molecule has 3 nitrogen and oxygen atoms in total. The summed E-state index contributed by atoms with van der Waals surface area (Å²) in [4.78, 5) is 0. The van der Waals surface area contributed by atoms with E-state index in [0.29, 0.717) is 19.6 Å². The maximum absolute atomic E-state index is 10.6. The third kappa shape index (κ3) is 3.47. The Kier molecular flexibility index (Phi) is 4.93. The van der Waals surface area contributed by atoms with Crippen molar-refractivity contribution in [3.63, 3.8) is 0 Å². The topological polar surface area (TPSA) is 37.2 Å². The van der Waals surface area contributed by atoms with Crippen molar-refractivity contribution in [1.82, 2.24) is 9.88 Å². The molecule has 26 heavy (non-hydrogen) atoms. The highest BCUT2D eigenvalue weighted by Gasteiger charge is 2.13. The summed E-state index contributed by atoms with van der Waals surface area (Å²) in [5, 5.41) is 17.1. The average Bonchev–Trinajstić information content (AvgIpc) is 2.96. The zero-order chi connectivity index (χ0) is 17.9. The summed E-state index contributed by atoms with van der Waals surface area (Å²) in [5.74, 6) is 0. The highest BCUT2D eigenvalue weighted by molar-refractivity contribution is 6.30. The average molecular weight is 365 g/mol. The monoisotopic (exact) mass is 364 g/mol. The summed E-state index contributed by atoms with van der Waals surface area (Å²) in [6.07, 6.45) is -0.478. The predicted octanol–water partition coefficient (Wildman–Crippen LogP) is 4.60. The van der Waals surface area contributed by atoms with Gasteiger partial charge in [-0.25, -0.2) is 0 Å². The molecule has 132 valence electrons. The van der Waals surface area contributed by atoms with E-state index >= 15 is 0 Å². The number of rotatable bonds is 6. The van der Waals surface area contributed by atoms with Crippen molar-refractivity contribution < 1.29 is 5.11 Å². The fourth-order valence-corrected chi connectivity index (χ4v) is 3.72. The first-order valence-corrected chi connectivity index (χ1v) is 9.19. The van der Waals surface area contributed by atoms with Gasteiger partial charge in [-0.15, -0.1) is 0 Å². The molecule has 2 N–H and O–H groups in total. The van der Waals surface area contributed by atoms with E-state index in [4.69, 9.17) is 11.6 Å². The van der Waals surface area contributed by atoms with Crippen molar-refractivity contribution in [3.05, 3.63) is 83.4 Å². The Balaban J connectivity index is 1.49. The molecule has 1 unspecified atom stereocenters. The van der Waals surface area contributed by atoms with Crippen LogP contribution in [0.2, 0.25) is 5.02 Å². The van der Waals surface area contributed by atoms with Gasteiger partial charge in [0, 0.05) is 39.9 Å². The number of aliphatic hydroxyl groups excluding tert-OH is 1. The molecule has 3 aromatic carbocycles. The van der Waals surface area contributed by atoms with Gasteiger partial charge in [0.1, 0.15) is 0 Å². The van der Waals surface area contributed by atoms with Crippen LogP contribution in [0.5, 0.6) is 0 Å². The smallest absolute Gasteiger partial charge is 0.0843 e. The second-order valence-electron chi connectivity index (χ2n) is 6.56. The molecule has 0 bridgehead atoms. The molecule has 0 fully saturated rings. The number of benzene rings is 3. The number of aliphatic hydroxyl groups is 1. The minimum absolute atomic E-state index is 0.478. The second kappa shape index (κ2) is 7.50. The Bertz CT molecular complexity index is 987. The quantitative estimate of drug-likeness (QED) is 0.524. The largest absolute Gasteiger partial charge is 0.390 e. The molecule has 1 atom stereocenters. The van der Waals surface area contributed by atoms with Crippen LogP contribution >= 0.6 is 11.6 Å². The van der Waals surface area contributed by atoms with Gasteiger partial charge >= 0.3 is 0 Å². The number of hydrogen-bond donors (Lipinski definition) is 2. The van der Waals surface area contributed by atoms with E-state index in [1.54, 1.807) is 0 Å². The first-order valence-electron chi connectivity index (χ1n) is 8.81. The molecule has 1 aromatic heterocycles. The Morgan fingerprint density at radius 1 is 0.885 bits per heavy atom. The predicted molar refractivity (Wildman–Crippen MR) is 109 cm³/mol. The normalized spacial score (nSPS) is 12.7. The van der Waals surface area contributed by atoms with Crippen molar-refractivity contribution in [2.24, 2.45) is 0 Å². The van der Waals surface area contributed by atoms with E-state index in [1.165, 1.54) is 10.8 Å². The third-order valence-corrected chi connectivity index (χ3v) is 4.91. The van der Waals surface area contributed by atoms with E-state index in [2.05, 4.69) is 46.3 Å². The first-order chi connectivity index (χ1) is 12.7. The molecule has 0 spiro atoms. The molecule has 4 heteroatoms. The van der Waals surface area contributed by atoms with Crippen LogP contribution in [0.4, 0.5) is 0 Å². The number of fused-ring (bicyclic) bond motifs is 3. The lowest BCUT2D eigenvalue weighted by atomic mass is 10.2. The van der Waals surface area contributed by atoms with Crippen LogP contribution in [-0.2, 0) is 13.1 Å². The Morgan fingerprint density at radius 3 is 2.19 bits per heavy atom. The minimum atomic E-state index is -0.478. The van der Waals surface area contributed by atoms with E-state index in [0.717, 1.165) is 21.6 Å². The van der Waals surface area contributed by atoms with E-state index in [-0.39, 0.29) is 0 Å². The van der Waals surface area contributed by atoms with Gasteiger partial charge in [-0.05, 0) is 29.8 Å². The van der Waals surface area contributed by atoms with Crippen molar-refractivity contribution >= 4 is 33.4 Å². The van der Waals surface area contributed by atoms with Crippen LogP contribution in [0.3, 0.4) is 0 Å². The molecule has 0 radical (unpaired) electrons. The fraction of sp³-hybridized carbons (Fsp3) is 0.182. The molecule has 0 aliphatic heterocycles. The lowest BCUT2D eigenvalue weighted by Crippen LogP contribution is -2.29. The van der Waals surface area contributed by atoms with E-state index in [1.807, 2.05) is 36.4 Å². The number of nitrogens with zero attached hydrogens (tertiary/aromatic N) is 1. The van der Waals surface area contributed by atoms with E-state index in [9.17, 15) is 5.11 Å². The molecular weight excluding hydrogens is 344 g/mol. The van der Waals surface area contributed by atoms with Crippen molar-refractivity contribution in [2.75, 3.05) is 6.54 Å². The number of halogens is 1. The highest BCUT2D eigenvalue weighted by atomic mass is 35.5. The molecule has 0 saturated heterocycles. The minimum Gasteiger partial charge on any atom is -0.390 e. The molecule has 4 aromatic rings. The third-order valence-electron chi connectivity index (χ3n) is 4.67. The Labute approximate surface area is 157 Å². The lowest BCUT2D eigenvalue weighted by Gasteiger charge is -2.15. The molecule has 0 aliphatic rings. The number of para-hydroxylation sites is 2. The van der Waals surface area contributed by atoms with Crippen molar-refractivity contribution in [2.45, 2.75) is 19.2 Å². The number of nitrogens with one attached hydrogen (secondary N) is 1. The van der Waals surface area contributed by atoms with Crippen LogP contribution in [0.25, 0.3) is 21.8 Å². The maximum Gasteiger partial charge on any atom is 0.0843 e. The van der Waals surface area contributed by atoms with Gasteiger partial charge in [0.05, 0.1) is 12.6 Å². The van der Waals surface area contributed by atoms with Crippen molar-refractivity contribution in [3.8, 4) is 0 Å². The highest BCUT2D eigenvalue weighted by Crippen LogP contribution is 2.28. The van der Waals surface area contributed by atoms with Gasteiger partial charge in [0.15, 0.2) is 0 Å². The maximum atomic E-state index is 10.6. The molecule has 0 saturated carbocycles. The zero-order valence-corrected chi connectivity index (χ0v) is 15.2. The van der Waals surface area contributed by atoms with Crippen LogP contribution < -0.4 is 5.32 Å². The van der Waals surface area contributed by atoms with Crippen LogP contribution in [0.1, 0.15) is 5.56 Å². The van der Waals surface area contributed by atoms with Crippen molar-refractivity contribution in [1.29, 1.82) is 0 Å². The van der Waals surface area contributed by atoms with Gasteiger partial charge in [-0.3, -0.25) is 0 Å². The molecule has 0 aliphatic carbocycles. The summed E-state index contributed by atoms with van der Waals surface area (Å²) >= 11 is 6.01. The van der Waals surface area contributed by atoms with Gasteiger partial charge in [0.25, 0.3) is 0 Å². The van der Waals surface area contributed by atoms with Crippen LogP contribution in [-0.4, -0.2) is 22.3 Å². The second-order valence-corrected chi connectivity index (χ2v) is 7.00. The summed E-state index contributed by atoms with van der Waals surface area (Å²) in [5.41, 5.74) is 3.42. The van der Waals surface area contributed by atoms with E-state index < -0.39 is 6.10 Å². The molecule has 1 heterocycles. The fourth-order valence-electron chi connectivity index (χ4n) is 3.51. The summed E-state index contributed by atoms with van der Waals surface area (Å²) in [6.45, 7) is 1.76. The summed E-state index contributed by atoms with van der Waals surface area (Å²) in [6, 6.07) is 24.5. The summed E-state index contributed by atoms with van der Waals surface area (Å²) in [7, 11) is 0. The number of hydrogen-bond acceptors (Lipinski definition) is 2. The number of aromatic nitrogens is 1. The molecular formula is C22H21ClN2O. The standard InChI is InChI=1S/C22H21ClN2O/c23-17-7-5-6-16(12-17)13-24-14-18(26)15-25-21-10-3-1-8-19(21)20-9-2-4-11-22(20)25/h1-12,18,24,26H,13-15H2. The SMILES string of the molecule is OC(CNCc1cccc(Cl)c1)Cn1c2ccccc2c2ccccc21.